The monoisotopic (exact) mass is 1290 g/mol. The van der Waals surface area contributed by atoms with Gasteiger partial charge in [-0.1, -0.05) is 97.1 Å². The Bertz CT molecular complexity index is 7610. The molecule has 2 N–H and O–H groups in total. The van der Waals surface area contributed by atoms with Crippen molar-refractivity contribution in [3.8, 4) is 67.5 Å². The number of hydrogen-bond acceptors (Lipinski definition) is 4. The Labute approximate surface area is 571 Å². The largest absolute Gasteiger partial charge is 0.552 e. The van der Waals surface area contributed by atoms with Crippen molar-refractivity contribution < 1.29 is 22.8 Å². The number of hydrogen-bond donors (Lipinski definition) is 1. The molecule has 0 saturated heterocycles. The maximum atomic E-state index is 8.41. The van der Waals surface area contributed by atoms with E-state index in [-0.39, 0.29) is 0 Å². The smallest absolute Gasteiger partial charge is 0.264 e. The number of nitrogens with two attached hydrogens (primary N) is 1. The van der Waals surface area contributed by atoms with Crippen LogP contribution in [-0.2, 0) is 37.0 Å². The van der Waals surface area contributed by atoms with Crippen LogP contribution >= 0.6 is 0 Å². The average Bonchev–Trinajstić information content (AvgIpc) is 1.61. The molecule has 0 amide bonds. The second-order valence-electron chi connectivity index (χ2n) is 29.3. The Morgan fingerprint density at radius 3 is 1.01 bits per heavy atom. The van der Waals surface area contributed by atoms with E-state index < -0.39 is 17.7 Å². The van der Waals surface area contributed by atoms with Gasteiger partial charge in [0, 0.05) is 169 Å². The van der Waals surface area contributed by atoms with Crippen LogP contribution in [0.25, 0.3) is 176 Å². The molecule has 0 fully saturated rings. The summed E-state index contributed by atoms with van der Waals surface area (Å²) in [6, 6.07) is 74.0. The van der Waals surface area contributed by atoms with E-state index in [2.05, 4.69) is 285 Å². The van der Waals surface area contributed by atoms with Crippen LogP contribution in [0, 0.1) is 0 Å². The van der Waals surface area contributed by atoms with E-state index in [1.807, 2.05) is 31.0 Å². The van der Waals surface area contributed by atoms with Crippen LogP contribution < -0.4 is 28.6 Å². The molecule has 14 aromatic heterocycles. The molecule has 3 atom stereocenters. The number of para-hydroxylation sites is 6. The van der Waals surface area contributed by atoms with Crippen LogP contribution in [0.3, 0.4) is 0 Å². The Hall–Kier alpha value is -13.2. The SMILES string of the molecule is NC12n3c(cc4cccc(-c5nccc6c7[n+](ccc56)C56n8c(cc9cccc-7c98)Cc7cc8cccc(c8n75)-c5c7cc[n+]8c(c7cc[n+]56)-c5cccc6cc7n(c56)C85n6c(cc8cccc(c86)-c6c8ccncc8cc[n+]65)C7)c43)Cc3cc4cccc(c4n31)-c1c3ccncc3cc[n+]12. The summed E-state index contributed by atoms with van der Waals surface area (Å²) in [5.41, 5.74) is 36.5. The molecule has 22 heterocycles. The van der Waals surface area contributed by atoms with Crippen LogP contribution in [0.2, 0.25) is 0 Å². The van der Waals surface area contributed by atoms with E-state index in [0.29, 0.717) is 6.42 Å². The third-order valence-electron chi connectivity index (χ3n) is 25.0. The molecule has 0 aliphatic carbocycles. The second kappa shape index (κ2) is 16.0. The van der Waals surface area contributed by atoms with Crippen molar-refractivity contribution in [3.63, 3.8) is 0 Å². The van der Waals surface area contributed by atoms with Gasteiger partial charge in [-0.25, -0.2) is 33.1 Å². The third-order valence-corrected chi connectivity index (χ3v) is 25.0. The fourth-order valence-corrected chi connectivity index (χ4v) is 21.7. The Balaban J connectivity index is 0.728. The van der Waals surface area contributed by atoms with Crippen LogP contribution in [0.1, 0.15) is 34.2 Å². The lowest BCUT2D eigenvalue weighted by molar-refractivity contribution is -1.00. The summed E-state index contributed by atoms with van der Waals surface area (Å²) in [5.74, 6) is -3.14. The first kappa shape index (κ1) is 50.2. The van der Waals surface area contributed by atoms with E-state index >= 15 is 0 Å². The zero-order chi connectivity index (χ0) is 64.7. The highest BCUT2D eigenvalue weighted by Gasteiger charge is 2.69. The lowest BCUT2D eigenvalue weighted by Gasteiger charge is -2.39. The lowest BCUT2D eigenvalue weighted by atomic mass is 9.93. The number of aromatic nitrogens is 14. The minimum Gasteiger partial charge on any atom is -0.264 e. The van der Waals surface area contributed by atoms with E-state index in [1.165, 1.54) is 127 Å². The van der Waals surface area contributed by atoms with Crippen LogP contribution in [0.15, 0.2) is 256 Å². The highest BCUT2D eigenvalue weighted by Crippen LogP contribution is 2.54. The zero-order valence-electron chi connectivity index (χ0n) is 53.7. The Morgan fingerprint density at radius 1 is 0.287 bits per heavy atom. The van der Waals surface area contributed by atoms with Crippen molar-refractivity contribution in [2.45, 2.75) is 37.0 Å². The van der Waals surface area contributed by atoms with Crippen molar-refractivity contribution in [2.75, 3.05) is 0 Å². The highest BCUT2D eigenvalue weighted by atomic mass is 15.6. The van der Waals surface area contributed by atoms with Crippen LogP contribution in [-0.4, -0.2) is 42.4 Å². The first-order valence-corrected chi connectivity index (χ1v) is 35.0. The van der Waals surface area contributed by atoms with Gasteiger partial charge in [0.25, 0.3) is 0 Å². The van der Waals surface area contributed by atoms with E-state index in [0.717, 1.165) is 95.8 Å². The second-order valence-corrected chi connectivity index (χ2v) is 29.3. The van der Waals surface area contributed by atoms with Gasteiger partial charge >= 0.3 is 17.7 Å². The Morgan fingerprint density at radius 2 is 0.594 bits per heavy atom. The van der Waals surface area contributed by atoms with Gasteiger partial charge in [-0.05, 0) is 84.9 Å². The molecule has 101 heavy (non-hydrogen) atoms. The molecule has 8 aliphatic heterocycles. The lowest BCUT2D eigenvalue weighted by Crippen LogP contribution is -2.84. The highest BCUT2D eigenvalue weighted by molar-refractivity contribution is 6.13. The topological polar surface area (TPSA) is 114 Å². The average molecular weight is 1290 g/mol. The van der Waals surface area contributed by atoms with Crippen molar-refractivity contribution in [1.82, 2.24) is 42.4 Å². The van der Waals surface area contributed by atoms with Gasteiger partial charge in [0.05, 0.1) is 93.5 Å². The molecule has 28 rings (SSSR count). The molecular formula is C86H50N15+5. The summed E-state index contributed by atoms with van der Waals surface area (Å²) in [5, 5.41) is 16.2. The fraction of sp³-hybridized carbons (Fsp3) is 0.0698. The number of pyridine rings is 8. The molecule has 8 aliphatic rings. The van der Waals surface area contributed by atoms with Crippen molar-refractivity contribution in [1.29, 1.82) is 0 Å². The van der Waals surface area contributed by atoms with Crippen molar-refractivity contribution in [3.05, 3.63) is 290 Å². The molecule has 15 heteroatoms. The maximum Gasteiger partial charge on any atom is 0.552 e. The van der Waals surface area contributed by atoms with Gasteiger partial charge in [-0.15, -0.1) is 4.57 Å². The molecule has 0 radical (unpaired) electrons. The molecule has 3 unspecified atom stereocenters. The van der Waals surface area contributed by atoms with Gasteiger partial charge in [0.15, 0.2) is 31.0 Å². The molecule has 6 aromatic carbocycles. The maximum absolute atomic E-state index is 8.41. The van der Waals surface area contributed by atoms with Crippen molar-refractivity contribution in [2.24, 2.45) is 5.73 Å². The summed E-state index contributed by atoms with van der Waals surface area (Å²) < 4.78 is 28.4. The molecule has 20 aromatic rings. The third kappa shape index (κ3) is 5.10. The van der Waals surface area contributed by atoms with Gasteiger partial charge in [-0.2, -0.15) is 0 Å². The van der Waals surface area contributed by atoms with Crippen LogP contribution in [0.5, 0.6) is 0 Å². The molecule has 0 bridgehead atoms. The van der Waals surface area contributed by atoms with Gasteiger partial charge < -0.3 is 0 Å². The summed E-state index contributed by atoms with van der Waals surface area (Å²) in [4.78, 5) is 14.8. The summed E-state index contributed by atoms with van der Waals surface area (Å²) in [7, 11) is 0. The van der Waals surface area contributed by atoms with Gasteiger partial charge in [-0.3, -0.25) is 15.0 Å². The van der Waals surface area contributed by atoms with Gasteiger partial charge in [0.2, 0.25) is 28.5 Å². The normalized spacial score (nSPS) is 18.7. The summed E-state index contributed by atoms with van der Waals surface area (Å²) >= 11 is 0. The molecule has 464 valence electrons. The quantitative estimate of drug-likeness (QED) is 0.165. The van der Waals surface area contributed by atoms with E-state index in [1.54, 1.807) is 0 Å². The minimum absolute atomic E-state index is 0.713. The predicted molar refractivity (Wildman–Crippen MR) is 385 cm³/mol. The fourth-order valence-electron chi connectivity index (χ4n) is 21.7. The number of rotatable bonds is 1. The molecular weight excluding hydrogens is 1240 g/mol. The zero-order valence-corrected chi connectivity index (χ0v) is 53.7. The number of nitrogens with zero attached hydrogens (tertiary/aromatic N) is 14. The molecule has 15 nitrogen and oxygen atoms in total. The number of benzene rings is 6. The first-order chi connectivity index (χ1) is 50.0. The summed E-state index contributed by atoms with van der Waals surface area (Å²) in [6.07, 6.45) is 23.9. The standard InChI is InChI=1S/C86H50N15/c87-84-91-30-22-52-44-88-27-19-60(52)79(91)67-14-2-8-47-36-55(97(84)74(47)67)41-54-35-46-7-1-13-66(73(46)96(54)84)72-62-24-32-93-81(63(62)21-29-90-72)69-16-4-10-49-38-58-43-59-40-51-12-6-18-71-78(51)101(59)86(93,100(58)76(49)69)95-34-26-64-65(83(71)95)25-33-94-82(64)70-17-5-11-50-39-57-42-56-37-48-9-3-15-68-75(48)98(56)85(94,99(57)77(50)70)92-31-23-53-45-89-28-20-61(53)80(68)92/h1-40,44-45H,41-43,87H2/q+5. The Kier molecular flexibility index (Phi) is 7.94. The molecule has 0 saturated carbocycles. The number of fused-ring (bicyclic) bond motifs is 24. The van der Waals surface area contributed by atoms with Crippen LogP contribution in [0.4, 0.5) is 0 Å². The van der Waals surface area contributed by atoms with Crippen molar-refractivity contribution >= 4 is 109 Å². The van der Waals surface area contributed by atoms with E-state index in [9.17, 15) is 0 Å². The first-order valence-electron chi connectivity index (χ1n) is 35.0. The van der Waals surface area contributed by atoms with E-state index in [4.69, 9.17) is 10.7 Å². The molecule has 2 spiro atoms. The minimum atomic E-state index is -1.21. The summed E-state index contributed by atoms with van der Waals surface area (Å²) in [6.45, 7) is 0. The predicted octanol–water partition coefficient (Wildman–Crippen LogP) is 13.0. The van der Waals surface area contributed by atoms with Gasteiger partial charge in [0.1, 0.15) is 0 Å².